The molecule has 25 heavy (non-hydrogen) atoms. The number of fused-ring (bicyclic) bond motifs is 1. The quantitative estimate of drug-likeness (QED) is 0.626. The van der Waals surface area contributed by atoms with Gasteiger partial charge in [0, 0.05) is 5.56 Å². The zero-order chi connectivity index (χ0) is 18.5. The van der Waals surface area contributed by atoms with E-state index in [9.17, 15) is 30.1 Å². The van der Waals surface area contributed by atoms with Crippen LogP contribution in [0.1, 0.15) is 19.4 Å². The normalized spacial score (nSPS) is 17.4. The number of nitrogens with zero attached hydrogens (tertiary/aromatic N) is 3. The van der Waals surface area contributed by atoms with Gasteiger partial charge in [0.15, 0.2) is 5.60 Å². The van der Waals surface area contributed by atoms with Crippen LogP contribution in [-0.4, -0.2) is 47.8 Å². The molecule has 10 heteroatoms. The molecule has 0 atom stereocenters. The van der Waals surface area contributed by atoms with E-state index >= 15 is 0 Å². The Hall–Kier alpha value is -3.24. The number of carboxylic acids is 2. The highest BCUT2D eigenvalue weighted by atomic mass is 16.6. The largest absolute Gasteiger partial charge is 0.478 e. The van der Waals surface area contributed by atoms with Crippen molar-refractivity contribution in [2.75, 3.05) is 0 Å². The summed E-state index contributed by atoms with van der Waals surface area (Å²) in [6.07, 6.45) is 0. The van der Waals surface area contributed by atoms with Crippen molar-refractivity contribution in [1.82, 2.24) is 15.4 Å². The molecule has 1 aliphatic rings. The average Bonchev–Trinajstić information content (AvgIpc) is 3.00. The molecule has 0 amide bonds. The molecule has 0 unspecified atom stereocenters. The minimum atomic E-state index is -2.58. The molecule has 4 N–H and O–H groups in total. The van der Waals surface area contributed by atoms with Gasteiger partial charge >= 0.3 is 11.9 Å². The van der Waals surface area contributed by atoms with Gasteiger partial charge in [-0.3, -0.25) is 5.21 Å². The van der Waals surface area contributed by atoms with Crippen molar-refractivity contribution >= 4 is 23.0 Å². The molecule has 0 saturated heterocycles. The number of carboxylic acid groups (broad SMARTS) is 2. The number of hydroxylamine groups is 2. The van der Waals surface area contributed by atoms with Gasteiger partial charge in [-0.15, -0.1) is 0 Å². The van der Waals surface area contributed by atoms with Crippen molar-refractivity contribution in [2.45, 2.75) is 19.4 Å². The first-order valence-electron chi connectivity index (χ1n) is 7.03. The second-order valence-corrected chi connectivity index (χ2v) is 5.49. The van der Waals surface area contributed by atoms with E-state index in [0.717, 1.165) is 0 Å². The number of aliphatic hydroxyl groups is 1. The molecule has 2 heterocycles. The number of aliphatic carboxylic acids is 2. The highest BCUT2D eigenvalue weighted by Gasteiger charge is 2.52. The predicted molar refractivity (Wildman–Crippen MR) is 80.0 cm³/mol. The summed E-state index contributed by atoms with van der Waals surface area (Å²) in [7, 11) is 0. The molecule has 10 nitrogen and oxygen atoms in total. The predicted octanol–water partition coefficient (Wildman–Crippen LogP) is 0.832. The molecule has 2 aromatic rings. The fourth-order valence-electron chi connectivity index (χ4n) is 3.10. The Labute approximate surface area is 139 Å². The molecule has 3 rings (SSSR count). The Morgan fingerprint density at radius 2 is 1.64 bits per heavy atom. The molecule has 0 fully saturated rings. The molecule has 1 aromatic heterocycles. The lowest BCUT2D eigenvalue weighted by Crippen LogP contribution is -2.45. The standard InChI is InChI=1S/C15H13N3O7/c1-6-10(13(19)20)15(23,11(14(21)22)7(2)18(6)24)8-4-3-5-9-12(8)17-25-16-9/h3-5,23-24H,1-2H3,(H,19,20)(H,21,22). The Morgan fingerprint density at radius 1 is 1.08 bits per heavy atom. The van der Waals surface area contributed by atoms with E-state index < -0.39 is 28.7 Å². The second-order valence-electron chi connectivity index (χ2n) is 5.49. The van der Waals surface area contributed by atoms with E-state index in [0.29, 0.717) is 5.06 Å². The van der Waals surface area contributed by atoms with Crippen molar-refractivity contribution in [2.24, 2.45) is 0 Å². The zero-order valence-electron chi connectivity index (χ0n) is 13.1. The van der Waals surface area contributed by atoms with E-state index in [-0.39, 0.29) is 28.0 Å². The molecular weight excluding hydrogens is 334 g/mol. The summed E-state index contributed by atoms with van der Waals surface area (Å²) >= 11 is 0. The fraction of sp³-hybridized carbons (Fsp3) is 0.200. The van der Waals surface area contributed by atoms with E-state index in [4.69, 9.17) is 0 Å². The van der Waals surface area contributed by atoms with Gasteiger partial charge in [0.2, 0.25) is 0 Å². The van der Waals surface area contributed by atoms with Crippen LogP contribution in [0.15, 0.2) is 45.4 Å². The molecule has 0 aliphatic carbocycles. The molecule has 0 radical (unpaired) electrons. The average molecular weight is 347 g/mol. The summed E-state index contributed by atoms with van der Waals surface area (Å²) in [6, 6.07) is 4.29. The number of benzene rings is 1. The zero-order valence-corrected chi connectivity index (χ0v) is 13.1. The molecule has 1 aromatic carbocycles. The van der Waals surface area contributed by atoms with Crippen LogP contribution >= 0.6 is 0 Å². The van der Waals surface area contributed by atoms with Gasteiger partial charge in [0.1, 0.15) is 11.0 Å². The molecule has 0 saturated carbocycles. The number of carbonyl (C=O) groups is 2. The van der Waals surface area contributed by atoms with Crippen LogP contribution in [0.25, 0.3) is 11.0 Å². The molecule has 1 aliphatic heterocycles. The minimum absolute atomic E-state index is 0.00879. The summed E-state index contributed by atoms with van der Waals surface area (Å²) in [5, 5.41) is 48.3. The van der Waals surface area contributed by atoms with Gasteiger partial charge in [-0.1, -0.05) is 12.1 Å². The van der Waals surface area contributed by atoms with Gasteiger partial charge in [0.05, 0.1) is 22.5 Å². The van der Waals surface area contributed by atoms with Gasteiger partial charge in [-0.2, -0.15) is 0 Å². The van der Waals surface area contributed by atoms with E-state index in [1.165, 1.54) is 32.0 Å². The summed E-state index contributed by atoms with van der Waals surface area (Å²) in [5.41, 5.74) is -4.38. The number of hydrogen-bond donors (Lipinski definition) is 4. The van der Waals surface area contributed by atoms with Crippen molar-refractivity contribution in [3.05, 3.63) is 46.3 Å². The number of allylic oxidation sites excluding steroid dienone is 2. The maximum Gasteiger partial charge on any atom is 0.337 e. The SMILES string of the molecule is CC1=C(C(=O)O)C(O)(c2cccc3nonc23)C(C(=O)O)=C(C)N1O. The molecule has 0 spiro atoms. The molecule has 130 valence electrons. The summed E-state index contributed by atoms with van der Waals surface area (Å²) in [5.74, 6) is -3.20. The third-order valence-electron chi connectivity index (χ3n) is 4.19. The van der Waals surface area contributed by atoms with Crippen LogP contribution in [0.5, 0.6) is 0 Å². The van der Waals surface area contributed by atoms with Crippen LogP contribution in [0.2, 0.25) is 0 Å². The summed E-state index contributed by atoms with van der Waals surface area (Å²) in [4.78, 5) is 23.6. The third kappa shape index (κ3) is 2.12. The van der Waals surface area contributed by atoms with Crippen LogP contribution in [0.4, 0.5) is 0 Å². The van der Waals surface area contributed by atoms with Gasteiger partial charge < -0.3 is 15.3 Å². The highest BCUT2D eigenvalue weighted by Crippen LogP contribution is 2.46. The van der Waals surface area contributed by atoms with Gasteiger partial charge in [0.25, 0.3) is 0 Å². The smallest absolute Gasteiger partial charge is 0.337 e. The first-order chi connectivity index (χ1) is 11.7. The van der Waals surface area contributed by atoms with Crippen LogP contribution in [-0.2, 0) is 15.2 Å². The van der Waals surface area contributed by atoms with Gasteiger partial charge in [-0.25, -0.2) is 19.3 Å². The Bertz CT molecular complexity index is 934. The van der Waals surface area contributed by atoms with Crippen molar-refractivity contribution < 1.29 is 34.7 Å². The lowest BCUT2D eigenvalue weighted by atomic mass is 9.75. The monoisotopic (exact) mass is 347 g/mol. The van der Waals surface area contributed by atoms with E-state index in [1.54, 1.807) is 0 Å². The Morgan fingerprint density at radius 3 is 2.16 bits per heavy atom. The summed E-state index contributed by atoms with van der Waals surface area (Å²) < 4.78 is 4.61. The van der Waals surface area contributed by atoms with Gasteiger partial charge in [-0.05, 0) is 30.2 Å². The maximum atomic E-state index is 11.8. The Kier molecular flexibility index (Phi) is 3.59. The first kappa shape index (κ1) is 16.6. The maximum absolute atomic E-state index is 11.8. The van der Waals surface area contributed by atoms with Crippen LogP contribution in [0.3, 0.4) is 0 Å². The first-order valence-corrected chi connectivity index (χ1v) is 7.03. The Balaban J connectivity index is 2.48. The number of rotatable bonds is 3. The topological polar surface area (TPSA) is 157 Å². The number of aromatic nitrogens is 2. The van der Waals surface area contributed by atoms with Crippen molar-refractivity contribution in [3.63, 3.8) is 0 Å². The lowest BCUT2D eigenvalue weighted by Gasteiger charge is -2.38. The summed E-state index contributed by atoms with van der Waals surface area (Å²) in [6.45, 7) is 2.50. The third-order valence-corrected chi connectivity index (χ3v) is 4.19. The molecular formula is C15H13N3O7. The molecule has 0 bridgehead atoms. The second kappa shape index (κ2) is 5.40. The minimum Gasteiger partial charge on any atom is -0.478 e. The van der Waals surface area contributed by atoms with E-state index in [2.05, 4.69) is 14.9 Å². The lowest BCUT2D eigenvalue weighted by molar-refractivity contribution is -0.139. The van der Waals surface area contributed by atoms with E-state index in [1.807, 2.05) is 0 Å². The van der Waals surface area contributed by atoms with Crippen molar-refractivity contribution in [1.29, 1.82) is 0 Å². The fourth-order valence-corrected chi connectivity index (χ4v) is 3.10. The van der Waals surface area contributed by atoms with Crippen LogP contribution in [0, 0.1) is 0 Å². The van der Waals surface area contributed by atoms with Crippen molar-refractivity contribution in [3.8, 4) is 0 Å². The highest BCUT2D eigenvalue weighted by molar-refractivity contribution is 6.01. The van der Waals surface area contributed by atoms with Crippen LogP contribution < -0.4 is 0 Å². The number of hydrogen-bond acceptors (Lipinski definition) is 8.